The number of nitrogens with zero attached hydrogens (tertiary/aromatic N) is 1. The van der Waals surface area contributed by atoms with E-state index >= 15 is 0 Å². The van der Waals surface area contributed by atoms with Gasteiger partial charge in [-0.25, -0.2) is 4.79 Å². The van der Waals surface area contributed by atoms with Crippen LogP contribution in [0.1, 0.15) is 57.0 Å². The molecule has 0 bridgehead atoms. The van der Waals surface area contributed by atoms with Crippen LogP contribution >= 0.6 is 23.1 Å². The zero-order chi connectivity index (χ0) is 19.3. The molecule has 1 aliphatic carbocycles. The van der Waals surface area contributed by atoms with Crippen molar-refractivity contribution in [3.8, 4) is 10.6 Å². The third-order valence-electron chi connectivity index (χ3n) is 4.31. The van der Waals surface area contributed by atoms with E-state index < -0.39 is 11.7 Å². The number of carbonyl (C=O) groups is 2. The first-order valence-corrected chi connectivity index (χ1v) is 10.7. The molecule has 0 unspecified atom stereocenters. The third kappa shape index (κ3) is 3.62. The van der Waals surface area contributed by atoms with Crippen LogP contribution < -0.4 is 0 Å². The van der Waals surface area contributed by atoms with Gasteiger partial charge in [-0.2, -0.15) is 0 Å². The van der Waals surface area contributed by atoms with Gasteiger partial charge in [0.25, 0.3) is 0 Å². The van der Waals surface area contributed by atoms with Gasteiger partial charge in [0, 0.05) is 18.2 Å². The molecule has 0 amide bonds. The summed E-state index contributed by atoms with van der Waals surface area (Å²) in [5.74, 6) is 0.207. The number of ketones is 1. The Balaban J connectivity index is 2.12. The fourth-order valence-electron chi connectivity index (χ4n) is 3.34. The molecule has 2 heterocycles. The van der Waals surface area contributed by atoms with Crippen LogP contribution in [0.15, 0.2) is 22.5 Å². The Morgan fingerprint density at radius 3 is 2.62 bits per heavy atom. The molecule has 0 fully saturated rings. The number of hydrogen-bond donors (Lipinski definition) is 0. The molecule has 26 heavy (non-hydrogen) atoms. The summed E-state index contributed by atoms with van der Waals surface area (Å²) in [5, 5.41) is 0. The molecule has 0 aromatic carbocycles. The summed E-state index contributed by atoms with van der Waals surface area (Å²) >= 11 is 3.20. The number of fused-ring (bicyclic) bond motifs is 1. The average molecular weight is 392 g/mol. The summed E-state index contributed by atoms with van der Waals surface area (Å²) in [6.07, 6.45) is 4.73. The van der Waals surface area contributed by atoms with Crippen LogP contribution in [0.25, 0.3) is 10.6 Å². The molecule has 3 rings (SSSR count). The van der Waals surface area contributed by atoms with Gasteiger partial charge >= 0.3 is 6.09 Å². The molecule has 1 aliphatic rings. The molecule has 6 heteroatoms. The molecule has 0 aliphatic heterocycles. The van der Waals surface area contributed by atoms with Gasteiger partial charge in [-0.15, -0.1) is 23.1 Å². The van der Waals surface area contributed by atoms with Crippen molar-refractivity contribution >= 4 is 35.0 Å². The Hall–Kier alpha value is -1.53. The number of thiophene rings is 1. The fraction of sp³-hybridized carbons (Fsp3) is 0.500. The van der Waals surface area contributed by atoms with E-state index in [1.165, 1.54) is 0 Å². The number of hydrogen-bond acceptors (Lipinski definition) is 5. The van der Waals surface area contributed by atoms with E-state index in [4.69, 9.17) is 4.74 Å². The Bertz CT molecular complexity index is 868. The molecule has 0 N–H and O–H groups in total. The molecular formula is C20H25NO3S2. The number of rotatable bonds is 2. The van der Waals surface area contributed by atoms with Crippen molar-refractivity contribution in [2.24, 2.45) is 5.41 Å². The van der Waals surface area contributed by atoms with Crippen LogP contribution in [0.3, 0.4) is 0 Å². The summed E-state index contributed by atoms with van der Waals surface area (Å²) in [6.45, 7) is 9.82. The van der Waals surface area contributed by atoms with E-state index in [2.05, 4.69) is 13.8 Å². The minimum absolute atomic E-state index is 0.0705. The molecule has 0 saturated carbocycles. The molecule has 4 nitrogen and oxygen atoms in total. The molecule has 0 saturated heterocycles. The monoisotopic (exact) mass is 391 g/mol. The second kappa shape index (κ2) is 6.57. The second-order valence-corrected chi connectivity index (χ2v) is 10.6. The highest BCUT2D eigenvalue weighted by Gasteiger charge is 2.37. The molecule has 2 aromatic rings. The largest absolute Gasteiger partial charge is 0.443 e. The highest BCUT2D eigenvalue weighted by atomic mass is 32.2. The van der Waals surface area contributed by atoms with Crippen LogP contribution in [-0.4, -0.2) is 28.3 Å². The van der Waals surface area contributed by atoms with Crippen LogP contribution in [0, 0.1) is 5.41 Å². The van der Waals surface area contributed by atoms with Gasteiger partial charge in [0.2, 0.25) is 0 Å². The van der Waals surface area contributed by atoms with Gasteiger partial charge in [-0.05, 0) is 56.6 Å². The number of thioether (sulfide) groups is 1. The molecular weight excluding hydrogens is 366 g/mol. The van der Waals surface area contributed by atoms with Crippen molar-refractivity contribution in [1.29, 1.82) is 0 Å². The van der Waals surface area contributed by atoms with E-state index in [0.29, 0.717) is 6.42 Å². The molecule has 0 radical (unpaired) electrons. The first-order valence-electron chi connectivity index (χ1n) is 8.66. The SMILES string of the molecule is CSc1sc(-c2cccn2C(=O)OC(C)(C)C)c2c1C(=O)CC(C)(C)C2. The van der Waals surface area contributed by atoms with E-state index in [-0.39, 0.29) is 11.2 Å². The first-order chi connectivity index (χ1) is 12.0. The van der Waals surface area contributed by atoms with E-state index in [0.717, 1.165) is 32.3 Å². The molecule has 0 atom stereocenters. The maximum atomic E-state index is 12.8. The number of carbonyl (C=O) groups excluding carboxylic acids is 2. The summed E-state index contributed by atoms with van der Waals surface area (Å²) in [6, 6.07) is 3.77. The summed E-state index contributed by atoms with van der Waals surface area (Å²) in [5.41, 5.74) is 2.10. The van der Waals surface area contributed by atoms with Gasteiger partial charge in [0.1, 0.15) is 5.60 Å². The van der Waals surface area contributed by atoms with Crippen molar-refractivity contribution in [3.05, 3.63) is 29.5 Å². The fourth-order valence-corrected chi connectivity index (χ4v) is 5.46. The highest BCUT2D eigenvalue weighted by Crippen LogP contribution is 2.48. The van der Waals surface area contributed by atoms with Crippen LogP contribution in [0.2, 0.25) is 0 Å². The number of aromatic nitrogens is 1. The molecule has 2 aromatic heterocycles. The van der Waals surface area contributed by atoms with Gasteiger partial charge in [0.15, 0.2) is 5.78 Å². The Morgan fingerprint density at radius 2 is 2.00 bits per heavy atom. The number of ether oxygens (including phenoxy) is 1. The zero-order valence-corrected chi connectivity index (χ0v) is 17.8. The maximum Gasteiger partial charge on any atom is 0.419 e. The van der Waals surface area contributed by atoms with Crippen molar-refractivity contribution in [2.75, 3.05) is 6.26 Å². The Labute approximate surface area is 162 Å². The van der Waals surface area contributed by atoms with Crippen LogP contribution in [-0.2, 0) is 11.2 Å². The highest BCUT2D eigenvalue weighted by molar-refractivity contribution is 8.00. The summed E-state index contributed by atoms with van der Waals surface area (Å²) in [4.78, 5) is 26.4. The van der Waals surface area contributed by atoms with Gasteiger partial charge in [0.05, 0.1) is 14.8 Å². The van der Waals surface area contributed by atoms with Crippen molar-refractivity contribution in [2.45, 2.75) is 57.3 Å². The lowest BCUT2D eigenvalue weighted by molar-refractivity contribution is 0.0540. The Morgan fingerprint density at radius 1 is 1.31 bits per heavy atom. The van der Waals surface area contributed by atoms with Crippen molar-refractivity contribution < 1.29 is 14.3 Å². The maximum absolute atomic E-state index is 12.8. The third-order valence-corrected chi connectivity index (χ3v) is 6.68. The quantitative estimate of drug-likeness (QED) is 0.600. The van der Waals surface area contributed by atoms with Crippen LogP contribution in [0.4, 0.5) is 4.79 Å². The smallest absolute Gasteiger partial charge is 0.419 e. The topological polar surface area (TPSA) is 48.3 Å². The average Bonchev–Trinajstić information content (AvgIpc) is 3.07. The summed E-state index contributed by atoms with van der Waals surface area (Å²) in [7, 11) is 0. The lowest BCUT2D eigenvalue weighted by Gasteiger charge is -2.29. The predicted molar refractivity (Wildman–Crippen MR) is 108 cm³/mol. The van der Waals surface area contributed by atoms with Crippen molar-refractivity contribution in [1.82, 2.24) is 4.57 Å². The first kappa shape index (κ1) is 19.2. The lowest BCUT2D eigenvalue weighted by atomic mass is 9.74. The minimum atomic E-state index is -0.560. The molecule has 0 spiro atoms. The normalized spacial score (nSPS) is 16.5. The zero-order valence-electron chi connectivity index (χ0n) is 16.1. The van der Waals surface area contributed by atoms with E-state index in [1.54, 1.807) is 33.9 Å². The summed E-state index contributed by atoms with van der Waals surface area (Å²) < 4.78 is 8.12. The predicted octanol–water partition coefficient (Wildman–Crippen LogP) is 5.88. The molecule has 140 valence electrons. The van der Waals surface area contributed by atoms with Gasteiger partial charge in [-0.1, -0.05) is 13.8 Å². The van der Waals surface area contributed by atoms with Crippen LogP contribution in [0.5, 0.6) is 0 Å². The lowest BCUT2D eigenvalue weighted by Crippen LogP contribution is -2.28. The standard InChI is InChI=1S/C20H25NO3S2/c1-19(2,3)24-18(23)21-9-7-8-13(21)16-12-10-20(4,5)11-14(22)15(12)17(25-6)26-16/h7-9H,10-11H2,1-6H3. The minimum Gasteiger partial charge on any atom is -0.443 e. The second-order valence-electron chi connectivity index (χ2n) is 8.46. The van der Waals surface area contributed by atoms with Gasteiger partial charge in [-0.3, -0.25) is 9.36 Å². The van der Waals surface area contributed by atoms with Gasteiger partial charge < -0.3 is 4.74 Å². The Kier molecular flexibility index (Phi) is 4.86. The van der Waals surface area contributed by atoms with Crippen molar-refractivity contribution in [3.63, 3.8) is 0 Å². The van der Waals surface area contributed by atoms with E-state index in [9.17, 15) is 9.59 Å². The van der Waals surface area contributed by atoms with E-state index in [1.807, 2.05) is 39.2 Å². The number of Topliss-reactive ketones (excluding diaryl/α,β-unsaturated/α-hetero) is 1.